The minimum absolute atomic E-state index is 0.574. The molecule has 0 bridgehead atoms. The lowest BCUT2D eigenvalue weighted by Crippen LogP contribution is -2.25. The molecule has 6 heteroatoms. The number of carbonyl (C=O) groups excluding carboxylic acids is 1. The van der Waals surface area contributed by atoms with Gasteiger partial charge in [0.1, 0.15) is 5.60 Å². The van der Waals surface area contributed by atoms with Crippen LogP contribution in [0.25, 0.3) is 0 Å². The van der Waals surface area contributed by atoms with Gasteiger partial charge >= 0.3 is 12.1 Å². The molecule has 0 aliphatic carbocycles. The molecule has 0 N–H and O–H groups in total. The van der Waals surface area contributed by atoms with Crippen molar-refractivity contribution in [2.45, 2.75) is 32.5 Å². The lowest BCUT2D eigenvalue weighted by Gasteiger charge is -2.20. The van der Waals surface area contributed by atoms with Crippen LogP contribution >= 0.6 is 0 Å². The van der Waals surface area contributed by atoms with E-state index in [-0.39, 0.29) is 0 Å². The predicted molar refractivity (Wildman–Crippen MR) is 54.4 cm³/mol. The van der Waals surface area contributed by atoms with Gasteiger partial charge in [0, 0.05) is 12.4 Å². The second kappa shape index (κ2) is 4.35. The van der Waals surface area contributed by atoms with E-state index in [9.17, 15) is 18.0 Å². The number of halogens is 3. The Morgan fingerprint density at radius 1 is 1.29 bits per heavy atom. The number of alkyl halides is 3. The molecule has 0 aliphatic heterocycles. The predicted octanol–water partition coefficient (Wildman–Crippen LogP) is 3.06. The molecule has 1 rings (SSSR count). The highest BCUT2D eigenvalue weighted by Gasteiger charge is 2.36. The molecule has 1 aromatic heterocycles. The Kier molecular flexibility index (Phi) is 3.45. The van der Waals surface area contributed by atoms with E-state index in [1.54, 1.807) is 20.8 Å². The van der Waals surface area contributed by atoms with Gasteiger partial charge in [-0.05, 0) is 26.8 Å². The second-order valence-corrected chi connectivity index (χ2v) is 4.42. The van der Waals surface area contributed by atoms with E-state index in [2.05, 4.69) is 4.98 Å². The van der Waals surface area contributed by atoms with Gasteiger partial charge < -0.3 is 4.74 Å². The Labute approximate surface area is 96.6 Å². The van der Waals surface area contributed by atoms with Crippen molar-refractivity contribution in [2.24, 2.45) is 0 Å². The van der Waals surface area contributed by atoms with Crippen LogP contribution in [-0.4, -0.2) is 16.6 Å². The van der Waals surface area contributed by atoms with E-state index >= 15 is 0 Å². The van der Waals surface area contributed by atoms with Gasteiger partial charge in [-0.1, -0.05) is 0 Å². The number of aromatic nitrogens is 1. The van der Waals surface area contributed by atoms with Crippen molar-refractivity contribution in [2.75, 3.05) is 0 Å². The van der Waals surface area contributed by atoms with Gasteiger partial charge in [-0.2, -0.15) is 13.2 Å². The molecule has 0 spiro atoms. The molecule has 0 saturated carbocycles. The van der Waals surface area contributed by atoms with Crippen molar-refractivity contribution >= 4 is 5.97 Å². The molecule has 17 heavy (non-hydrogen) atoms. The molecular weight excluding hydrogens is 235 g/mol. The van der Waals surface area contributed by atoms with E-state index in [1.165, 1.54) is 0 Å². The summed E-state index contributed by atoms with van der Waals surface area (Å²) in [6.07, 6.45) is -2.76. The van der Waals surface area contributed by atoms with E-state index in [4.69, 9.17) is 4.74 Å². The van der Waals surface area contributed by atoms with E-state index < -0.39 is 28.9 Å². The molecule has 94 valence electrons. The average Bonchev–Trinajstić information content (AvgIpc) is 2.13. The second-order valence-electron chi connectivity index (χ2n) is 4.42. The molecule has 1 aromatic rings. The Morgan fingerprint density at radius 2 is 1.88 bits per heavy atom. The van der Waals surface area contributed by atoms with Crippen molar-refractivity contribution < 1.29 is 22.7 Å². The maximum Gasteiger partial charge on any atom is 0.417 e. The maximum atomic E-state index is 12.6. The summed E-state index contributed by atoms with van der Waals surface area (Å²) < 4.78 is 42.7. The first-order chi connectivity index (χ1) is 7.61. The lowest BCUT2D eigenvalue weighted by atomic mass is 10.1. The van der Waals surface area contributed by atoms with Crippen molar-refractivity contribution in [1.29, 1.82) is 0 Å². The van der Waals surface area contributed by atoms with Crippen molar-refractivity contribution in [3.8, 4) is 0 Å². The van der Waals surface area contributed by atoms with Gasteiger partial charge in [0.25, 0.3) is 0 Å². The summed E-state index contributed by atoms with van der Waals surface area (Å²) in [5.41, 5.74) is -2.47. The smallest absolute Gasteiger partial charge is 0.417 e. The van der Waals surface area contributed by atoms with Gasteiger partial charge in [-0.15, -0.1) is 0 Å². The molecule has 3 nitrogen and oxygen atoms in total. The van der Waals surface area contributed by atoms with Crippen LogP contribution in [0.1, 0.15) is 36.7 Å². The number of nitrogens with zero attached hydrogens (tertiary/aromatic N) is 1. The summed E-state index contributed by atoms with van der Waals surface area (Å²) in [5, 5.41) is 0. The monoisotopic (exact) mass is 247 g/mol. The van der Waals surface area contributed by atoms with Gasteiger partial charge in [0.2, 0.25) is 0 Å². The van der Waals surface area contributed by atoms with Gasteiger partial charge in [-0.25, -0.2) is 4.79 Å². The molecule has 0 amide bonds. The summed E-state index contributed by atoms with van der Waals surface area (Å²) in [6, 6.07) is 0.749. The van der Waals surface area contributed by atoms with Crippen LogP contribution in [0.3, 0.4) is 0 Å². The number of hydrogen-bond donors (Lipinski definition) is 0. The van der Waals surface area contributed by atoms with Crippen molar-refractivity contribution in [3.63, 3.8) is 0 Å². The number of pyridine rings is 1. The number of esters is 1. The zero-order chi connectivity index (χ0) is 13.3. The first-order valence-electron chi connectivity index (χ1n) is 4.86. The van der Waals surface area contributed by atoms with Crippen LogP contribution < -0.4 is 0 Å². The number of hydrogen-bond acceptors (Lipinski definition) is 3. The van der Waals surface area contributed by atoms with Crippen LogP contribution in [0.4, 0.5) is 13.2 Å². The maximum absolute atomic E-state index is 12.6. The summed E-state index contributed by atoms with van der Waals surface area (Å²) in [7, 11) is 0. The lowest BCUT2D eigenvalue weighted by molar-refractivity contribution is -0.138. The Morgan fingerprint density at radius 3 is 2.35 bits per heavy atom. The molecular formula is C11H12F3NO2. The number of rotatable bonds is 1. The molecule has 0 atom stereocenters. The Bertz CT molecular complexity index is 421. The first kappa shape index (κ1) is 13.5. The fraction of sp³-hybridized carbons (Fsp3) is 0.455. The number of ether oxygens (including phenoxy) is 1. The van der Waals surface area contributed by atoms with E-state index in [0.717, 1.165) is 18.5 Å². The van der Waals surface area contributed by atoms with Crippen LogP contribution in [0.5, 0.6) is 0 Å². The van der Waals surface area contributed by atoms with Gasteiger partial charge in [0.15, 0.2) is 0 Å². The molecule has 1 heterocycles. The highest BCUT2D eigenvalue weighted by molar-refractivity contribution is 5.91. The van der Waals surface area contributed by atoms with Crippen LogP contribution in [0.2, 0.25) is 0 Å². The molecule has 0 aliphatic rings. The van der Waals surface area contributed by atoms with Gasteiger partial charge in [-0.3, -0.25) is 4.98 Å². The quantitative estimate of drug-likeness (QED) is 0.716. The highest BCUT2D eigenvalue weighted by Crippen LogP contribution is 2.32. The Hall–Kier alpha value is -1.59. The van der Waals surface area contributed by atoms with Gasteiger partial charge in [0.05, 0.1) is 11.1 Å². The normalized spacial score (nSPS) is 12.4. The number of carbonyl (C=O) groups is 1. The summed E-state index contributed by atoms with van der Waals surface area (Å²) in [4.78, 5) is 15.1. The third kappa shape index (κ3) is 3.72. The fourth-order valence-electron chi connectivity index (χ4n) is 1.14. The third-order valence-corrected chi connectivity index (χ3v) is 1.75. The molecule has 0 radical (unpaired) electrons. The topological polar surface area (TPSA) is 39.2 Å². The fourth-order valence-corrected chi connectivity index (χ4v) is 1.14. The zero-order valence-corrected chi connectivity index (χ0v) is 9.63. The SMILES string of the molecule is CC(C)(C)OC(=O)c1cnccc1C(F)(F)F. The Balaban J connectivity index is 3.11. The molecule has 0 fully saturated rings. The van der Waals surface area contributed by atoms with E-state index in [1.807, 2.05) is 0 Å². The van der Waals surface area contributed by atoms with Crippen molar-refractivity contribution in [1.82, 2.24) is 4.98 Å². The average molecular weight is 247 g/mol. The zero-order valence-electron chi connectivity index (χ0n) is 9.63. The van der Waals surface area contributed by atoms with Crippen molar-refractivity contribution in [3.05, 3.63) is 29.6 Å². The minimum atomic E-state index is -4.60. The summed E-state index contributed by atoms with van der Waals surface area (Å²) in [6.45, 7) is 4.73. The van der Waals surface area contributed by atoms with E-state index in [0.29, 0.717) is 0 Å². The third-order valence-electron chi connectivity index (χ3n) is 1.75. The van der Waals surface area contributed by atoms with Crippen LogP contribution in [-0.2, 0) is 10.9 Å². The minimum Gasteiger partial charge on any atom is -0.456 e. The largest absolute Gasteiger partial charge is 0.456 e. The summed E-state index contributed by atoms with van der Waals surface area (Å²) >= 11 is 0. The highest BCUT2D eigenvalue weighted by atomic mass is 19.4. The summed E-state index contributed by atoms with van der Waals surface area (Å²) in [5.74, 6) is -1.03. The first-order valence-corrected chi connectivity index (χ1v) is 4.86. The standard InChI is InChI=1S/C11H12F3NO2/c1-10(2,3)17-9(16)7-6-15-5-4-8(7)11(12,13)14/h4-6H,1-3H3. The van der Waals surface area contributed by atoms with Crippen LogP contribution in [0.15, 0.2) is 18.5 Å². The molecule has 0 saturated heterocycles. The van der Waals surface area contributed by atoms with Crippen LogP contribution in [0, 0.1) is 0 Å². The molecule has 0 aromatic carbocycles. The molecule has 0 unspecified atom stereocenters.